The van der Waals surface area contributed by atoms with Crippen molar-refractivity contribution in [2.45, 2.75) is 12.1 Å². The number of fused-ring (bicyclic) bond motifs is 1. The van der Waals surface area contributed by atoms with Crippen LogP contribution in [0.2, 0.25) is 0 Å². The van der Waals surface area contributed by atoms with Gasteiger partial charge in [0.1, 0.15) is 5.39 Å². The molecule has 7 heteroatoms. The van der Waals surface area contributed by atoms with Crippen molar-refractivity contribution in [2.75, 3.05) is 0 Å². The van der Waals surface area contributed by atoms with Gasteiger partial charge >= 0.3 is 51.4 Å². The number of nitrogens with zero attached hydrogens (tertiary/aromatic N) is 3. The van der Waals surface area contributed by atoms with E-state index in [0.29, 0.717) is 21.9 Å². The molecule has 2 rings (SSSR count). The van der Waals surface area contributed by atoms with E-state index in [4.69, 9.17) is 0 Å². The number of hydrogen-bond donors (Lipinski definition) is 2. The number of H-pyrrole nitrogens is 1. The van der Waals surface area contributed by atoms with E-state index in [1.807, 2.05) is 0 Å². The summed E-state index contributed by atoms with van der Waals surface area (Å²) in [7, 11) is 1.63. The number of aromatic amines is 1. The second-order valence-corrected chi connectivity index (χ2v) is 3.21. The van der Waals surface area contributed by atoms with Gasteiger partial charge in [-0.2, -0.15) is 5.10 Å². The zero-order chi connectivity index (χ0) is 9.59. The molecule has 0 fully saturated rings. The van der Waals surface area contributed by atoms with Crippen molar-refractivity contribution in [2.24, 2.45) is 7.05 Å². The standard InChI is InChI=1S/C7H8N4OS.K.H/c1-3-4-5(10-9-3)8-7(13)11(2)6(4)12;;/h1-2H3,(H2,8,9,10,13);;. The summed E-state index contributed by atoms with van der Waals surface area (Å²) < 4.78 is 1.38. The Morgan fingerprint density at radius 2 is 2.14 bits per heavy atom. The summed E-state index contributed by atoms with van der Waals surface area (Å²) in [6.45, 7) is 1.76. The maximum atomic E-state index is 11.6. The molecule has 0 unspecified atom stereocenters. The molecule has 0 aliphatic rings. The van der Waals surface area contributed by atoms with E-state index in [0.717, 1.165) is 0 Å². The van der Waals surface area contributed by atoms with Gasteiger partial charge in [-0.05, 0) is 6.92 Å². The van der Waals surface area contributed by atoms with Crippen LogP contribution in [-0.4, -0.2) is 71.1 Å². The van der Waals surface area contributed by atoms with Crippen LogP contribution in [0.3, 0.4) is 0 Å². The zero-order valence-corrected chi connectivity index (χ0v) is 8.09. The predicted octanol–water partition coefficient (Wildman–Crippen LogP) is -0.395. The minimum absolute atomic E-state index is 0. The van der Waals surface area contributed by atoms with E-state index < -0.39 is 0 Å². The fourth-order valence-corrected chi connectivity index (χ4v) is 1.38. The molecule has 0 aliphatic carbocycles. The van der Waals surface area contributed by atoms with Crippen LogP contribution in [0.25, 0.3) is 11.0 Å². The molecule has 0 spiro atoms. The summed E-state index contributed by atoms with van der Waals surface area (Å²) in [5.41, 5.74) is 1.03. The average molecular weight is 236 g/mol. The second-order valence-electron chi connectivity index (χ2n) is 2.81. The summed E-state index contributed by atoms with van der Waals surface area (Å²) in [6.07, 6.45) is 0. The molecule has 0 bridgehead atoms. The number of aromatic nitrogens is 4. The first kappa shape index (κ1) is 12.4. The first-order chi connectivity index (χ1) is 6.11. The van der Waals surface area contributed by atoms with Gasteiger partial charge in [0.2, 0.25) is 0 Å². The molecule has 1 N–H and O–H groups in total. The van der Waals surface area contributed by atoms with E-state index in [9.17, 15) is 4.79 Å². The third kappa shape index (κ3) is 1.84. The molecule has 0 saturated carbocycles. The van der Waals surface area contributed by atoms with Crippen LogP contribution < -0.4 is 5.56 Å². The Bertz CT molecular complexity index is 532. The van der Waals surface area contributed by atoms with E-state index in [1.54, 1.807) is 14.0 Å². The van der Waals surface area contributed by atoms with Crippen LogP contribution in [0.5, 0.6) is 0 Å². The molecular weight excluding hydrogens is 227 g/mol. The van der Waals surface area contributed by atoms with Gasteiger partial charge in [-0.1, -0.05) is 0 Å². The predicted molar refractivity (Wildman–Crippen MR) is 58.3 cm³/mol. The van der Waals surface area contributed by atoms with Crippen molar-refractivity contribution in [3.63, 3.8) is 0 Å². The fraction of sp³-hybridized carbons (Fsp3) is 0.286. The fourth-order valence-electron chi connectivity index (χ4n) is 1.19. The molecule has 2 heterocycles. The Kier molecular flexibility index (Phi) is 3.95. The molecule has 0 aliphatic heterocycles. The SMILES string of the molecule is Cc1n[nH]c2nc(S)n(C)c(=O)c12.[KH]. The van der Waals surface area contributed by atoms with E-state index in [1.165, 1.54) is 4.57 Å². The van der Waals surface area contributed by atoms with Crippen LogP contribution in [0.4, 0.5) is 0 Å². The molecular formula is C7H9KN4OS. The quantitative estimate of drug-likeness (QED) is 0.372. The molecule has 2 aromatic rings. The summed E-state index contributed by atoms with van der Waals surface area (Å²) in [5, 5.41) is 7.48. The Morgan fingerprint density at radius 1 is 1.50 bits per heavy atom. The molecule has 0 saturated heterocycles. The number of rotatable bonds is 0. The Hall–Kier alpha value is 0.336. The first-order valence-electron chi connectivity index (χ1n) is 3.72. The van der Waals surface area contributed by atoms with Gasteiger partial charge < -0.3 is 0 Å². The van der Waals surface area contributed by atoms with E-state index in [2.05, 4.69) is 27.8 Å². The van der Waals surface area contributed by atoms with Crippen molar-refractivity contribution in [1.29, 1.82) is 0 Å². The topological polar surface area (TPSA) is 63.6 Å². The second kappa shape index (κ2) is 4.46. The molecule has 0 amide bonds. The maximum absolute atomic E-state index is 11.6. The summed E-state index contributed by atoms with van der Waals surface area (Å²) >= 11 is 4.06. The summed E-state index contributed by atoms with van der Waals surface area (Å²) in [4.78, 5) is 15.7. The van der Waals surface area contributed by atoms with Gasteiger partial charge in [-0.3, -0.25) is 14.5 Å². The number of aryl methyl sites for hydroxylation is 1. The molecule has 0 atom stereocenters. The van der Waals surface area contributed by atoms with Crippen LogP contribution in [0.1, 0.15) is 5.69 Å². The molecule has 5 nitrogen and oxygen atoms in total. The average Bonchev–Trinajstić information content (AvgIpc) is 2.43. The van der Waals surface area contributed by atoms with Crippen molar-refractivity contribution in [1.82, 2.24) is 19.7 Å². The summed E-state index contributed by atoms with van der Waals surface area (Å²) in [5.74, 6) is 0. The van der Waals surface area contributed by atoms with Crippen LogP contribution in [0.15, 0.2) is 9.95 Å². The van der Waals surface area contributed by atoms with E-state index in [-0.39, 0.29) is 56.9 Å². The number of nitrogens with one attached hydrogen (secondary N) is 1. The molecule has 2 aromatic heterocycles. The van der Waals surface area contributed by atoms with Gasteiger partial charge in [-0.25, -0.2) is 4.98 Å². The van der Waals surface area contributed by atoms with Gasteiger partial charge in [0.25, 0.3) is 5.56 Å². The first-order valence-corrected chi connectivity index (χ1v) is 4.16. The monoisotopic (exact) mass is 236 g/mol. The van der Waals surface area contributed by atoms with Crippen LogP contribution >= 0.6 is 12.6 Å². The Morgan fingerprint density at radius 3 is 2.79 bits per heavy atom. The van der Waals surface area contributed by atoms with Crippen LogP contribution in [0, 0.1) is 6.92 Å². The number of thiol groups is 1. The van der Waals surface area contributed by atoms with Gasteiger partial charge in [-0.15, -0.1) is 12.6 Å². The van der Waals surface area contributed by atoms with Crippen LogP contribution in [-0.2, 0) is 7.05 Å². The number of hydrogen-bond acceptors (Lipinski definition) is 4. The summed E-state index contributed by atoms with van der Waals surface area (Å²) in [6, 6.07) is 0. The molecule has 0 aromatic carbocycles. The van der Waals surface area contributed by atoms with Gasteiger partial charge in [0, 0.05) is 7.05 Å². The third-order valence-corrected chi connectivity index (χ3v) is 2.36. The zero-order valence-electron chi connectivity index (χ0n) is 7.20. The Balaban J connectivity index is 0.000000980. The van der Waals surface area contributed by atoms with E-state index >= 15 is 0 Å². The molecule has 14 heavy (non-hydrogen) atoms. The molecule has 0 radical (unpaired) electrons. The third-order valence-electron chi connectivity index (χ3n) is 1.96. The van der Waals surface area contributed by atoms with Gasteiger partial charge in [0.05, 0.1) is 5.69 Å². The van der Waals surface area contributed by atoms with Crippen molar-refractivity contribution in [3.8, 4) is 0 Å². The van der Waals surface area contributed by atoms with Crippen molar-refractivity contribution < 1.29 is 0 Å². The van der Waals surface area contributed by atoms with Crippen molar-refractivity contribution >= 4 is 75.0 Å². The van der Waals surface area contributed by atoms with Crippen molar-refractivity contribution in [3.05, 3.63) is 16.0 Å². The normalized spacial score (nSPS) is 10.2. The minimum atomic E-state index is -0.124. The van der Waals surface area contributed by atoms with Gasteiger partial charge in [0.15, 0.2) is 10.8 Å². The molecule has 70 valence electrons. The Labute approximate surface area is 128 Å².